The topological polar surface area (TPSA) is 35.2 Å². The molecule has 0 bridgehead atoms. The Morgan fingerprint density at radius 2 is 2.27 bits per heavy atom. The Labute approximate surface area is 70.9 Å². The summed E-state index contributed by atoms with van der Waals surface area (Å²) >= 11 is 5.63. The van der Waals surface area contributed by atoms with Crippen molar-refractivity contribution in [3.05, 3.63) is 23.8 Å². The van der Waals surface area contributed by atoms with Gasteiger partial charge in [-0.3, -0.25) is 0 Å². The minimum Gasteiger partial charge on any atom is -0.495 e. The van der Waals surface area contributed by atoms with Gasteiger partial charge in [-0.05, 0) is 11.6 Å². The van der Waals surface area contributed by atoms with E-state index < -0.39 is 0 Å². The molecule has 2 nitrogen and oxygen atoms in total. The van der Waals surface area contributed by atoms with E-state index in [2.05, 4.69) is 0 Å². The number of ether oxygens (including phenoxy) is 1. The van der Waals surface area contributed by atoms with Crippen LogP contribution >= 0.6 is 11.6 Å². The maximum absolute atomic E-state index is 5.69. The van der Waals surface area contributed by atoms with E-state index >= 15 is 0 Å². The van der Waals surface area contributed by atoms with E-state index in [-0.39, 0.29) is 0 Å². The molecule has 60 valence electrons. The number of anilines is 1. The molecule has 2 N–H and O–H groups in total. The SMILES string of the molecule is COc1cccc(CCl)c1N. The molecule has 0 aromatic heterocycles. The van der Waals surface area contributed by atoms with Crippen molar-refractivity contribution in [1.29, 1.82) is 0 Å². The molecule has 0 aliphatic heterocycles. The summed E-state index contributed by atoms with van der Waals surface area (Å²) in [5, 5.41) is 0. The molecule has 0 heterocycles. The fourth-order valence-corrected chi connectivity index (χ4v) is 1.12. The summed E-state index contributed by atoms with van der Waals surface area (Å²) in [5.41, 5.74) is 7.23. The predicted octanol–water partition coefficient (Wildman–Crippen LogP) is 2.02. The molecule has 0 saturated carbocycles. The molecule has 0 unspecified atom stereocenters. The standard InChI is InChI=1S/C8H10ClNO/c1-11-7-4-2-3-6(5-9)8(7)10/h2-4H,5,10H2,1H3. The first-order valence-corrected chi connectivity index (χ1v) is 3.80. The Balaban J connectivity index is 3.10. The molecular weight excluding hydrogens is 162 g/mol. The van der Waals surface area contributed by atoms with E-state index in [0.717, 1.165) is 5.56 Å². The van der Waals surface area contributed by atoms with Gasteiger partial charge in [0, 0.05) is 5.88 Å². The second-order valence-corrected chi connectivity index (χ2v) is 2.43. The van der Waals surface area contributed by atoms with Crippen LogP contribution in [0.25, 0.3) is 0 Å². The van der Waals surface area contributed by atoms with Crippen molar-refractivity contribution in [1.82, 2.24) is 0 Å². The third-order valence-electron chi connectivity index (χ3n) is 1.52. The van der Waals surface area contributed by atoms with Gasteiger partial charge in [-0.15, -0.1) is 11.6 Å². The summed E-state index contributed by atoms with van der Waals surface area (Å²) in [5.74, 6) is 1.10. The van der Waals surface area contributed by atoms with Gasteiger partial charge < -0.3 is 10.5 Å². The van der Waals surface area contributed by atoms with Gasteiger partial charge in [-0.25, -0.2) is 0 Å². The lowest BCUT2D eigenvalue weighted by molar-refractivity contribution is 0.416. The lowest BCUT2D eigenvalue weighted by Crippen LogP contribution is -1.95. The van der Waals surface area contributed by atoms with E-state index in [4.69, 9.17) is 22.1 Å². The molecule has 1 aromatic rings. The van der Waals surface area contributed by atoms with Gasteiger partial charge in [0.15, 0.2) is 0 Å². The van der Waals surface area contributed by atoms with Crippen LogP contribution in [0, 0.1) is 0 Å². The van der Waals surface area contributed by atoms with Crippen LogP contribution in [0.15, 0.2) is 18.2 Å². The average Bonchev–Trinajstić information content (AvgIpc) is 2.05. The maximum Gasteiger partial charge on any atom is 0.142 e. The number of alkyl halides is 1. The number of nitrogens with two attached hydrogens (primary N) is 1. The lowest BCUT2D eigenvalue weighted by Gasteiger charge is -2.06. The lowest BCUT2D eigenvalue weighted by atomic mass is 10.2. The first-order chi connectivity index (χ1) is 5.29. The maximum atomic E-state index is 5.69. The third kappa shape index (κ3) is 1.57. The number of halogens is 1. The molecule has 0 aliphatic carbocycles. The highest BCUT2D eigenvalue weighted by Gasteiger charge is 2.02. The summed E-state index contributed by atoms with van der Waals surface area (Å²) in [4.78, 5) is 0. The van der Waals surface area contributed by atoms with Crippen LogP contribution in [0.2, 0.25) is 0 Å². The highest BCUT2D eigenvalue weighted by Crippen LogP contribution is 2.25. The van der Waals surface area contributed by atoms with Gasteiger partial charge in [0.25, 0.3) is 0 Å². The Hall–Kier alpha value is -0.890. The first-order valence-electron chi connectivity index (χ1n) is 3.27. The number of nitrogen functional groups attached to an aromatic ring is 1. The number of para-hydroxylation sites is 1. The van der Waals surface area contributed by atoms with Crippen LogP contribution < -0.4 is 10.5 Å². The largest absolute Gasteiger partial charge is 0.495 e. The van der Waals surface area contributed by atoms with Crippen molar-refractivity contribution in [3.63, 3.8) is 0 Å². The van der Waals surface area contributed by atoms with E-state index in [1.807, 2.05) is 18.2 Å². The predicted molar refractivity (Wildman–Crippen MR) is 47.0 cm³/mol. The van der Waals surface area contributed by atoms with Gasteiger partial charge in [0.2, 0.25) is 0 Å². The van der Waals surface area contributed by atoms with Crippen molar-refractivity contribution < 1.29 is 4.74 Å². The zero-order valence-corrected chi connectivity index (χ0v) is 7.06. The van der Waals surface area contributed by atoms with Crippen molar-refractivity contribution >= 4 is 17.3 Å². The van der Waals surface area contributed by atoms with Crippen molar-refractivity contribution in [2.75, 3.05) is 12.8 Å². The molecule has 3 heteroatoms. The Morgan fingerprint density at radius 1 is 1.55 bits per heavy atom. The van der Waals surface area contributed by atoms with Gasteiger partial charge in [-0.2, -0.15) is 0 Å². The second-order valence-electron chi connectivity index (χ2n) is 2.17. The van der Waals surface area contributed by atoms with Gasteiger partial charge in [0.05, 0.1) is 12.8 Å². The molecular formula is C8H10ClNO. The molecule has 1 aromatic carbocycles. The number of hydrogen-bond acceptors (Lipinski definition) is 2. The van der Waals surface area contributed by atoms with Crippen LogP contribution in [0.3, 0.4) is 0 Å². The number of hydrogen-bond donors (Lipinski definition) is 1. The second kappa shape index (κ2) is 3.49. The molecule has 0 aliphatic rings. The molecule has 0 fully saturated rings. The number of rotatable bonds is 2. The molecule has 0 radical (unpaired) electrons. The summed E-state index contributed by atoms with van der Waals surface area (Å²) < 4.78 is 5.00. The van der Waals surface area contributed by atoms with Crippen LogP contribution in [0.4, 0.5) is 5.69 Å². The molecule has 11 heavy (non-hydrogen) atoms. The first kappa shape index (κ1) is 8.21. The molecule has 1 rings (SSSR count). The number of methoxy groups -OCH3 is 1. The zero-order valence-electron chi connectivity index (χ0n) is 6.30. The zero-order chi connectivity index (χ0) is 8.27. The smallest absolute Gasteiger partial charge is 0.142 e. The minimum atomic E-state index is 0.420. The van der Waals surface area contributed by atoms with Crippen molar-refractivity contribution in [2.24, 2.45) is 0 Å². The highest BCUT2D eigenvalue weighted by atomic mass is 35.5. The Bertz CT molecular complexity index is 228. The minimum absolute atomic E-state index is 0.420. The van der Waals surface area contributed by atoms with Crippen molar-refractivity contribution in [2.45, 2.75) is 5.88 Å². The normalized spacial score (nSPS) is 9.64. The van der Waals surface area contributed by atoms with E-state index in [9.17, 15) is 0 Å². The van der Waals surface area contributed by atoms with E-state index in [1.165, 1.54) is 0 Å². The van der Waals surface area contributed by atoms with Crippen LogP contribution in [-0.4, -0.2) is 7.11 Å². The number of benzene rings is 1. The summed E-state index contributed by atoms with van der Waals surface area (Å²) in [6, 6.07) is 5.56. The molecule has 0 saturated heterocycles. The summed E-state index contributed by atoms with van der Waals surface area (Å²) in [7, 11) is 1.59. The quantitative estimate of drug-likeness (QED) is 0.546. The van der Waals surface area contributed by atoms with Gasteiger partial charge >= 0.3 is 0 Å². The van der Waals surface area contributed by atoms with Gasteiger partial charge in [-0.1, -0.05) is 12.1 Å². The molecule has 0 atom stereocenters. The summed E-state index contributed by atoms with van der Waals surface area (Å²) in [6.07, 6.45) is 0. The van der Waals surface area contributed by atoms with Crippen LogP contribution in [-0.2, 0) is 5.88 Å². The van der Waals surface area contributed by atoms with Gasteiger partial charge in [0.1, 0.15) is 5.75 Å². The third-order valence-corrected chi connectivity index (χ3v) is 1.81. The van der Waals surface area contributed by atoms with E-state index in [1.54, 1.807) is 7.11 Å². The highest BCUT2D eigenvalue weighted by molar-refractivity contribution is 6.17. The van der Waals surface area contributed by atoms with Crippen LogP contribution in [0.5, 0.6) is 5.75 Å². The molecule has 0 amide bonds. The van der Waals surface area contributed by atoms with Crippen molar-refractivity contribution in [3.8, 4) is 5.75 Å². The Kier molecular flexibility index (Phi) is 2.60. The van der Waals surface area contributed by atoms with E-state index in [0.29, 0.717) is 17.3 Å². The fraction of sp³-hybridized carbons (Fsp3) is 0.250. The van der Waals surface area contributed by atoms with Crippen LogP contribution in [0.1, 0.15) is 5.56 Å². The average molecular weight is 172 g/mol. The fourth-order valence-electron chi connectivity index (χ4n) is 0.884. The molecule has 0 spiro atoms. The Morgan fingerprint density at radius 3 is 2.82 bits per heavy atom. The summed E-state index contributed by atoms with van der Waals surface area (Å²) in [6.45, 7) is 0. The monoisotopic (exact) mass is 171 g/mol.